The third-order valence-corrected chi connectivity index (χ3v) is 1.93. The molecule has 1 saturated carbocycles. The first-order valence-electron chi connectivity index (χ1n) is 4.21. The Morgan fingerprint density at radius 3 is 3.08 bits per heavy atom. The predicted octanol–water partition coefficient (Wildman–Crippen LogP) is 1.15. The van der Waals surface area contributed by atoms with E-state index in [1.165, 1.54) is 12.8 Å². The van der Waals surface area contributed by atoms with Crippen molar-refractivity contribution in [2.45, 2.75) is 25.5 Å². The first kappa shape index (κ1) is 7.55. The van der Waals surface area contributed by atoms with Gasteiger partial charge in [0.25, 0.3) is 0 Å². The Morgan fingerprint density at radius 1 is 1.58 bits per heavy atom. The molecule has 0 atom stereocenters. The number of pyridine rings is 1. The van der Waals surface area contributed by atoms with E-state index < -0.39 is 0 Å². The van der Waals surface area contributed by atoms with Crippen LogP contribution in [0.1, 0.15) is 18.5 Å². The molecule has 1 aromatic heterocycles. The van der Waals surface area contributed by atoms with Crippen molar-refractivity contribution >= 4 is 5.69 Å². The third-order valence-electron chi connectivity index (χ3n) is 1.93. The Morgan fingerprint density at radius 2 is 2.42 bits per heavy atom. The summed E-state index contributed by atoms with van der Waals surface area (Å²) in [6.07, 6.45) is 4.24. The molecule has 0 aliphatic heterocycles. The topological polar surface area (TPSA) is 45.1 Å². The summed E-state index contributed by atoms with van der Waals surface area (Å²) in [5, 5.41) is 12.2. The SMILES string of the molecule is OCc1cc(NC2CC2)ccn1. The molecular weight excluding hydrogens is 152 g/mol. The lowest BCUT2D eigenvalue weighted by molar-refractivity contribution is 0.277. The van der Waals surface area contributed by atoms with Gasteiger partial charge in [-0.2, -0.15) is 0 Å². The molecule has 1 heterocycles. The molecule has 1 aliphatic rings. The van der Waals surface area contributed by atoms with Crippen molar-refractivity contribution in [2.75, 3.05) is 5.32 Å². The van der Waals surface area contributed by atoms with Crippen LogP contribution in [0.25, 0.3) is 0 Å². The fourth-order valence-electron chi connectivity index (χ4n) is 1.12. The van der Waals surface area contributed by atoms with Crippen molar-refractivity contribution < 1.29 is 5.11 Å². The van der Waals surface area contributed by atoms with Gasteiger partial charge in [-0.3, -0.25) is 4.98 Å². The molecule has 0 radical (unpaired) electrons. The molecule has 1 fully saturated rings. The molecule has 64 valence electrons. The zero-order chi connectivity index (χ0) is 8.39. The minimum atomic E-state index is 0.0141. The van der Waals surface area contributed by atoms with Crippen molar-refractivity contribution in [2.24, 2.45) is 0 Å². The van der Waals surface area contributed by atoms with Gasteiger partial charge in [-0.15, -0.1) is 0 Å². The monoisotopic (exact) mass is 164 g/mol. The van der Waals surface area contributed by atoms with Crippen LogP contribution < -0.4 is 5.32 Å². The maximum absolute atomic E-state index is 8.82. The second-order valence-corrected chi connectivity index (χ2v) is 3.11. The molecule has 0 unspecified atom stereocenters. The van der Waals surface area contributed by atoms with E-state index in [0.29, 0.717) is 6.04 Å². The van der Waals surface area contributed by atoms with Crippen molar-refractivity contribution in [1.29, 1.82) is 0 Å². The van der Waals surface area contributed by atoms with Crippen molar-refractivity contribution in [3.05, 3.63) is 24.0 Å². The number of aromatic nitrogens is 1. The van der Waals surface area contributed by atoms with E-state index >= 15 is 0 Å². The fraction of sp³-hybridized carbons (Fsp3) is 0.444. The average molecular weight is 164 g/mol. The highest BCUT2D eigenvalue weighted by atomic mass is 16.3. The van der Waals surface area contributed by atoms with Gasteiger partial charge in [0.05, 0.1) is 12.3 Å². The Kier molecular flexibility index (Phi) is 1.96. The summed E-state index contributed by atoms with van der Waals surface area (Å²) in [4.78, 5) is 4.00. The molecule has 0 spiro atoms. The second kappa shape index (κ2) is 3.11. The lowest BCUT2D eigenvalue weighted by Gasteiger charge is -2.04. The van der Waals surface area contributed by atoms with Crippen LogP contribution in [0.15, 0.2) is 18.3 Å². The highest BCUT2D eigenvalue weighted by molar-refractivity contribution is 5.45. The molecule has 0 saturated heterocycles. The van der Waals surface area contributed by atoms with Crippen LogP contribution in [-0.4, -0.2) is 16.1 Å². The van der Waals surface area contributed by atoms with E-state index in [9.17, 15) is 0 Å². The molecule has 2 rings (SSSR count). The summed E-state index contributed by atoms with van der Waals surface area (Å²) in [5.41, 5.74) is 1.79. The second-order valence-electron chi connectivity index (χ2n) is 3.11. The molecule has 2 N–H and O–H groups in total. The van der Waals surface area contributed by atoms with Gasteiger partial charge in [-0.1, -0.05) is 0 Å². The summed E-state index contributed by atoms with van der Waals surface area (Å²) < 4.78 is 0. The van der Waals surface area contributed by atoms with Crippen LogP contribution in [0.4, 0.5) is 5.69 Å². The molecule has 0 bridgehead atoms. The Balaban J connectivity index is 2.08. The molecule has 12 heavy (non-hydrogen) atoms. The van der Waals surface area contributed by atoms with Gasteiger partial charge in [0, 0.05) is 17.9 Å². The van der Waals surface area contributed by atoms with Crippen LogP contribution in [-0.2, 0) is 6.61 Å². The lowest BCUT2D eigenvalue weighted by Crippen LogP contribution is -2.01. The maximum Gasteiger partial charge on any atom is 0.0853 e. The summed E-state index contributed by atoms with van der Waals surface area (Å²) in [7, 11) is 0. The molecule has 1 aliphatic carbocycles. The molecule has 0 aromatic carbocycles. The standard InChI is InChI=1S/C9H12N2O/c12-6-9-5-8(3-4-10-9)11-7-1-2-7/h3-5,7,12H,1-2,6H2,(H,10,11). The number of rotatable bonds is 3. The van der Waals surface area contributed by atoms with Crippen LogP contribution in [0, 0.1) is 0 Å². The summed E-state index contributed by atoms with van der Waals surface area (Å²) in [6, 6.07) is 4.47. The first-order valence-corrected chi connectivity index (χ1v) is 4.21. The van der Waals surface area contributed by atoms with Crippen molar-refractivity contribution in [3.8, 4) is 0 Å². The summed E-state index contributed by atoms with van der Waals surface area (Å²) in [5.74, 6) is 0. The van der Waals surface area contributed by atoms with E-state index in [2.05, 4.69) is 10.3 Å². The van der Waals surface area contributed by atoms with Crippen LogP contribution in [0.2, 0.25) is 0 Å². The van der Waals surface area contributed by atoms with Gasteiger partial charge in [0.15, 0.2) is 0 Å². The molecule has 0 amide bonds. The Hall–Kier alpha value is -1.09. The maximum atomic E-state index is 8.82. The van der Waals surface area contributed by atoms with Gasteiger partial charge < -0.3 is 10.4 Å². The third kappa shape index (κ3) is 1.74. The number of nitrogens with one attached hydrogen (secondary N) is 1. The zero-order valence-corrected chi connectivity index (χ0v) is 6.83. The smallest absolute Gasteiger partial charge is 0.0853 e. The van der Waals surface area contributed by atoms with Gasteiger partial charge >= 0.3 is 0 Å². The Bertz CT molecular complexity index is 271. The average Bonchev–Trinajstić information content (AvgIpc) is 2.89. The first-order chi connectivity index (χ1) is 5.88. The van der Waals surface area contributed by atoms with Crippen LogP contribution in [0.3, 0.4) is 0 Å². The van der Waals surface area contributed by atoms with E-state index in [1.807, 2.05) is 12.1 Å². The quantitative estimate of drug-likeness (QED) is 0.704. The Labute approximate surface area is 71.4 Å². The van der Waals surface area contributed by atoms with Gasteiger partial charge in [0.1, 0.15) is 0 Å². The van der Waals surface area contributed by atoms with Crippen LogP contribution >= 0.6 is 0 Å². The zero-order valence-electron chi connectivity index (χ0n) is 6.83. The normalized spacial score (nSPS) is 16.1. The molecular formula is C9H12N2O. The highest BCUT2D eigenvalue weighted by Gasteiger charge is 2.20. The largest absolute Gasteiger partial charge is 0.390 e. The highest BCUT2D eigenvalue weighted by Crippen LogP contribution is 2.24. The van der Waals surface area contributed by atoms with Gasteiger partial charge in [-0.25, -0.2) is 0 Å². The van der Waals surface area contributed by atoms with Gasteiger partial charge in [-0.05, 0) is 25.0 Å². The van der Waals surface area contributed by atoms with E-state index in [1.54, 1.807) is 6.20 Å². The minimum absolute atomic E-state index is 0.0141. The number of aliphatic hydroxyl groups excluding tert-OH is 1. The minimum Gasteiger partial charge on any atom is -0.390 e. The molecule has 1 aromatic rings. The number of hydrogen-bond acceptors (Lipinski definition) is 3. The predicted molar refractivity (Wildman–Crippen MR) is 46.8 cm³/mol. The summed E-state index contributed by atoms with van der Waals surface area (Å²) in [6.45, 7) is 0.0141. The summed E-state index contributed by atoms with van der Waals surface area (Å²) >= 11 is 0. The van der Waals surface area contributed by atoms with Crippen LogP contribution in [0.5, 0.6) is 0 Å². The van der Waals surface area contributed by atoms with Crippen molar-refractivity contribution in [3.63, 3.8) is 0 Å². The van der Waals surface area contributed by atoms with Gasteiger partial charge in [0.2, 0.25) is 0 Å². The number of anilines is 1. The molecule has 3 nitrogen and oxygen atoms in total. The number of hydrogen-bond donors (Lipinski definition) is 2. The lowest BCUT2D eigenvalue weighted by atomic mass is 10.3. The van der Waals surface area contributed by atoms with E-state index in [-0.39, 0.29) is 6.61 Å². The van der Waals surface area contributed by atoms with Crippen molar-refractivity contribution in [1.82, 2.24) is 4.98 Å². The van der Waals surface area contributed by atoms with E-state index in [4.69, 9.17) is 5.11 Å². The fourth-order valence-corrected chi connectivity index (χ4v) is 1.12. The number of nitrogens with zero attached hydrogens (tertiary/aromatic N) is 1. The number of aliphatic hydroxyl groups is 1. The van der Waals surface area contributed by atoms with E-state index in [0.717, 1.165) is 11.4 Å². The molecule has 3 heteroatoms.